The number of hydrogen-bond acceptors (Lipinski definition) is 6. The fourth-order valence-corrected chi connectivity index (χ4v) is 4.98. The van der Waals surface area contributed by atoms with Crippen LogP contribution in [-0.4, -0.2) is 50.2 Å². The zero-order chi connectivity index (χ0) is 26.4. The van der Waals surface area contributed by atoms with E-state index in [-0.39, 0.29) is 5.91 Å². The number of urea groups is 1. The highest BCUT2D eigenvalue weighted by Gasteiger charge is 2.27. The molecule has 0 saturated heterocycles. The summed E-state index contributed by atoms with van der Waals surface area (Å²) in [5.41, 5.74) is 2.07. The molecule has 2 heterocycles. The lowest BCUT2D eigenvalue weighted by atomic mass is 10.0. The lowest BCUT2D eigenvalue weighted by molar-refractivity contribution is -0.120. The average molecular weight is 524 g/mol. The van der Waals surface area contributed by atoms with Crippen molar-refractivity contribution in [3.8, 4) is 5.75 Å². The number of methoxy groups -OCH3 is 1. The Balaban J connectivity index is 1.51. The lowest BCUT2D eigenvalue weighted by Crippen LogP contribution is -2.51. The second-order valence-electron chi connectivity index (χ2n) is 8.34. The van der Waals surface area contributed by atoms with Crippen LogP contribution in [0.3, 0.4) is 0 Å². The van der Waals surface area contributed by atoms with Crippen LogP contribution in [0.5, 0.6) is 5.75 Å². The Labute approximate surface area is 216 Å². The van der Waals surface area contributed by atoms with Crippen LogP contribution in [0.25, 0.3) is 10.9 Å². The molecule has 4 N–H and O–H groups in total. The van der Waals surface area contributed by atoms with Gasteiger partial charge in [0.05, 0.1) is 18.8 Å². The van der Waals surface area contributed by atoms with Crippen molar-refractivity contribution in [2.45, 2.75) is 18.9 Å². The highest BCUT2D eigenvalue weighted by Crippen LogP contribution is 2.39. The number of aromatic nitrogens is 2. The highest BCUT2D eigenvalue weighted by molar-refractivity contribution is 8.21. The van der Waals surface area contributed by atoms with Crippen molar-refractivity contribution < 1.29 is 23.4 Å². The number of carbonyl (C=O) groups excluding carboxylic acids is 2. The Morgan fingerprint density at radius 3 is 2.51 bits per heavy atom. The van der Waals surface area contributed by atoms with E-state index in [0.29, 0.717) is 29.8 Å². The van der Waals surface area contributed by atoms with Crippen molar-refractivity contribution in [3.63, 3.8) is 0 Å². The smallest absolute Gasteiger partial charge is 0.335 e. The van der Waals surface area contributed by atoms with Gasteiger partial charge in [-0.2, -0.15) is 0 Å². The first-order chi connectivity index (χ1) is 17.8. The van der Waals surface area contributed by atoms with E-state index in [1.165, 1.54) is 17.3 Å². The van der Waals surface area contributed by atoms with Crippen molar-refractivity contribution in [3.05, 3.63) is 90.9 Å². The van der Waals surface area contributed by atoms with Crippen LogP contribution in [-0.2, 0) is 11.2 Å². The highest BCUT2D eigenvalue weighted by atomic mass is 32.3. The molecule has 3 amide bonds. The minimum Gasteiger partial charge on any atom is -0.497 e. The fraction of sp³-hybridized carbons (Fsp3) is 0.192. The number of amides is 3. The number of aryl methyl sites for hydroxylation is 1. The van der Waals surface area contributed by atoms with Crippen LogP contribution in [0.2, 0.25) is 0 Å². The predicted molar refractivity (Wildman–Crippen MR) is 145 cm³/mol. The van der Waals surface area contributed by atoms with E-state index in [2.05, 4.69) is 15.0 Å². The van der Waals surface area contributed by atoms with E-state index in [0.717, 1.165) is 14.9 Å². The summed E-state index contributed by atoms with van der Waals surface area (Å²) in [6.45, 7) is 0. The van der Waals surface area contributed by atoms with Crippen molar-refractivity contribution in [1.82, 2.24) is 19.0 Å². The molecule has 0 aliphatic rings. The first kappa shape index (κ1) is 26.0. The Morgan fingerprint density at radius 2 is 1.81 bits per heavy atom. The van der Waals surface area contributed by atoms with E-state index in [4.69, 9.17) is 4.74 Å². The summed E-state index contributed by atoms with van der Waals surface area (Å²) in [4.78, 5) is 31.8. The maximum atomic E-state index is 13.4. The van der Waals surface area contributed by atoms with Gasteiger partial charge in [-0.15, -0.1) is 0 Å². The molecule has 0 fully saturated rings. The number of anilines is 1. The standard InChI is InChI=1S/C26H29N5O5S/c1-30(21-9-11-22(36-2)12-10-21)25(32)23(13-8-19-6-4-3-5-7-19)28-26(33)29-37(34,35)31-17-15-20-14-16-27-18-24(20)31/h3-7,9-12,14-18,23,34-35H,8,13H2,1-2H3,(H2,28,29,33)/t23-/m0/s1. The molecular weight excluding hydrogens is 494 g/mol. The fourth-order valence-electron chi connectivity index (χ4n) is 3.91. The normalized spacial score (nSPS) is 12.5. The first-order valence-electron chi connectivity index (χ1n) is 11.5. The topological polar surface area (TPSA) is 129 Å². The average Bonchev–Trinajstić information content (AvgIpc) is 3.36. The van der Waals surface area contributed by atoms with Gasteiger partial charge in [-0.3, -0.25) is 18.9 Å². The number of benzene rings is 2. The van der Waals surface area contributed by atoms with Crippen molar-refractivity contribution in [2.24, 2.45) is 0 Å². The summed E-state index contributed by atoms with van der Waals surface area (Å²) in [6.07, 6.45) is 5.34. The molecule has 2 aromatic carbocycles. The molecule has 0 radical (unpaired) electrons. The third-order valence-corrected chi connectivity index (χ3v) is 7.25. The van der Waals surface area contributed by atoms with E-state index in [9.17, 15) is 18.7 Å². The quantitative estimate of drug-likeness (QED) is 0.257. The Morgan fingerprint density at radius 1 is 1.08 bits per heavy atom. The van der Waals surface area contributed by atoms with Gasteiger partial charge in [0, 0.05) is 30.5 Å². The summed E-state index contributed by atoms with van der Waals surface area (Å²) in [6, 6.07) is 18.1. The molecule has 37 heavy (non-hydrogen) atoms. The number of likely N-dealkylation sites (N-methyl/N-ethyl adjacent to an activating group) is 1. The summed E-state index contributed by atoms with van der Waals surface area (Å²) in [7, 11) is -0.610. The van der Waals surface area contributed by atoms with Gasteiger partial charge < -0.3 is 15.0 Å². The van der Waals surface area contributed by atoms with Gasteiger partial charge in [-0.1, -0.05) is 30.3 Å². The van der Waals surface area contributed by atoms with Gasteiger partial charge in [0.25, 0.3) is 0 Å². The zero-order valence-electron chi connectivity index (χ0n) is 20.4. The number of rotatable bonds is 9. The number of nitrogens with one attached hydrogen (secondary N) is 2. The Bertz CT molecular complexity index is 1360. The minimum atomic E-state index is -3.79. The predicted octanol–water partition coefficient (Wildman–Crippen LogP) is 4.44. The lowest BCUT2D eigenvalue weighted by Gasteiger charge is -2.34. The molecule has 0 saturated carbocycles. The monoisotopic (exact) mass is 523 g/mol. The van der Waals surface area contributed by atoms with Gasteiger partial charge >= 0.3 is 6.03 Å². The molecule has 194 valence electrons. The van der Waals surface area contributed by atoms with E-state index in [1.54, 1.807) is 56.8 Å². The molecular formula is C26H29N5O5S. The SMILES string of the molecule is COc1ccc(N(C)C(=O)[C@H](CCc2ccccc2)NC(=O)NS(O)(O)n2ccc3ccncc32)cc1. The van der Waals surface area contributed by atoms with Crippen molar-refractivity contribution >= 4 is 39.5 Å². The number of hydrogen-bond donors (Lipinski definition) is 4. The Kier molecular flexibility index (Phi) is 7.97. The van der Waals surface area contributed by atoms with Crippen LogP contribution >= 0.6 is 11.0 Å². The van der Waals surface area contributed by atoms with Crippen LogP contribution in [0.4, 0.5) is 10.5 Å². The number of carbonyl (C=O) groups is 2. The van der Waals surface area contributed by atoms with Crippen LogP contribution < -0.4 is 19.7 Å². The second-order valence-corrected chi connectivity index (χ2v) is 9.98. The number of nitrogens with zero attached hydrogens (tertiary/aromatic N) is 3. The number of ether oxygens (including phenoxy) is 1. The maximum absolute atomic E-state index is 13.4. The first-order valence-corrected chi connectivity index (χ1v) is 13.0. The van der Waals surface area contributed by atoms with Crippen LogP contribution in [0, 0.1) is 0 Å². The number of fused-ring (bicyclic) bond motifs is 1. The van der Waals surface area contributed by atoms with Crippen LogP contribution in [0.15, 0.2) is 85.3 Å². The third kappa shape index (κ3) is 6.20. The third-order valence-electron chi connectivity index (χ3n) is 5.92. The molecule has 10 nitrogen and oxygen atoms in total. The van der Waals surface area contributed by atoms with Gasteiger partial charge in [0.1, 0.15) is 11.8 Å². The van der Waals surface area contributed by atoms with Gasteiger partial charge in [0.2, 0.25) is 5.91 Å². The van der Waals surface area contributed by atoms with Crippen molar-refractivity contribution in [2.75, 3.05) is 19.1 Å². The summed E-state index contributed by atoms with van der Waals surface area (Å²) >= 11 is 0. The van der Waals surface area contributed by atoms with Crippen molar-refractivity contribution in [1.29, 1.82) is 0 Å². The number of pyridine rings is 1. The van der Waals surface area contributed by atoms with Gasteiger partial charge in [0.15, 0.2) is 0 Å². The molecule has 1 atom stereocenters. The molecule has 0 aliphatic heterocycles. The second kappa shape index (κ2) is 11.3. The molecule has 0 aliphatic carbocycles. The van der Waals surface area contributed by atoms with Crippen LogP contribution in [0.1, 0.15) is 12.0 Å². The maximum Gasteiger partial charge on any atom is 0.335 e. The Hall–Kier alpha value is -4.06. The van der Waals surface area contributed by atoms with E-state index < -0.39 is 23.0 Å². The molecule has 2 aromatic heterocycles. The molecule has 4 rings (SSSR count). The molecule has 0 unspecified atom stereocenters. The largest absolute Gasteiger partial charge is 0.497 e. The summed E-state index contributed by atoms with van der Waals surface area (Å²) < 4.78 is 30.0. The summed E-state index contributed by atoms with van der Waals surface area (Å²) in [5.74, 6) is 0.295. The minimum absolute atomic E-state index is 0.298. The van der Waals surface area contributed by atoms with E-state index >= 15 is 0 Å². The van der Waals surface area contributed by atoms with Gasteiger partial charge in [-0.25, -0.2) is 13.5 Å². The van der Waals surface area contributed by atoms with E-state index in [1.807, 2.05) is 30.3 Å². The zero-order valence-corrected chi connectivity index (χ0v) is 21.3. The van der Waals surface area contributed by atoms with Gasteiger partial charge in [-0.05, 0) is 65.8 Å². The summed E-state index contributed by atoms with van der Waals surface area (Å²) in [5, 5.41) is 3.36. The molecule has 0 spiro atoms. The molecule has 11 heteroatoms. The molecule has 4 aromatic rings. The molecule has 0 bridgehead atoms.